The Morgan fingerprint density at radius 2 is 2.12 bits per heavy atom. The van der Waals surface area contributed by atoms with Gasteiger partial charge in [-0.05, 0) is 5.92 Å². The number of amides is 2. The Labute approximate surface area is 96.4 Å². The number of nitrogens with zero attached hydrogens (tertiary/aromatic N) is 2. The predicted molar refractivity (Wildman–Crippen MR) is 61.2 cm³/mol. The van der Waals surface area contributed by atoms with Gasteiger partial charge in [0.05, 0.1) is 5.60 Å². The van der Waals surface area contributed by atoms with Gasteiger partial charge in [0, 0.05) is 39.3 Å². The van der Waals surface area contributed by atoms with E-state index in [1.807, 2.05) is 18.7 Å². The van der Waals surface area contributed by atoms with Crippen LogP contribution >= 0.6 is 0 Å². The zero-order valence-corrected chi connectivity index (χ0v) is 10.1. The predicted octanol–water partition coefficient (Wildman–Crippen LogP) is -0.286. The van der Waals surface area contributed by atoms with Crippen molar-refractivity contribution in [2.75, 3.05) is 39.3 Å². The Hall–Kier alpha value is -0.810. The molecule has 5 nitrogen and oxygen atoms in total. The lowest BCUT2D eigenvalue weighted by Gasteiger charge is -2.49. The van der Waals surface area contributed by atoms with Gasteiger partial charge in [0.25, 0.3) is 0 Å². The van der Waals surface area contributed by atoms with E-state index in [1.165, 1.54) is 0 Å². The van der Waals surface area contributed by atoms with Crippen LogP contribution < -0.4 is 5.32 Å². The summed E-state index contributed by atoms with van der Waals surface area (Å²) >= 11 is 0. The number of likely N-dealkylation sites (tertiary alicyclic amines) is 1. The largest absolute Gasteiger partial charge is 0.387 e. The molecule has 0 aromatic heterocycles. The summed E-state index contributed by atoms with van der Waals surface area (Å²) in [5, 5.41) is 12.9. The van der Waals surface area contributed by atoms with Crippen molar-refractivity contribution < 1.29 is 9.90 Å². The van der Waals surface area contributed by atoms with Gasteiger partial charge in [0.2, 0.25) is 0 Å². The van der Waals surface area contributed by atoms with E-state index in [9.17, 15) is 9.90 Å². The maximum absolute atomic E-state index is 11.3. The number of nitrogens with one attached hydrogen (secondary N) is 1. The number of rotatable bonds is 4. The summed E-state index contributed by atoms with van der Waals surface area (Å²) in [4.78, 5) is 15.3. The fourth-order valence-electron chi connectivity index (χ4n) is 2.24. The van der Waals surface area contributed by atoms with Crippen molar-refractivity contribution in [3.63, 3.8) is 0 Å². The van der Waals surface area contributed by atoms with Crippen molar-refractivity contribution in [1.29, 1.82) is 0 Å². The summed E-state index contributed by atoms with van der Waals surface area (Å²) in [7, 11) is 0. The van der Waals surface area contributed by atoms with Gasteiger partial charge in [-0.25, -0.2) is 4.79 Å². The smallest absolute Gasteiger partial charge is 0.317 e. The molecule has 5 heteroatoms. The zero-order chi connectivity index (χ0) is 11.8. The molecular formula is C11H21N3O2. The van der Waals surface area contributed by atoms with E-state index in [4.69, 9.17) is 0 Å². The van der Waals surface area contributed by atoms with Gasteiger partial charge in [-0.3, -0.25) is 4.90 Å². The molecule has 2 aliphatic heterocycles. The Balaban J connectivity index is 1.68. The number of hydrogen-bond acceptors (Lipinski definition) is 3. The van der Waals surface area contributed by atoms with E-state index in [0.717, 1.165) is 39.3 Å². The molecule has 0 atom stereocenters. The van der Waals surface area contributed by atoms with E-state index >= 15 is 0 Å². The van der Waals surface area contributed by atoms with E-state index in [-0.39, 0.29) is 6.03 Å². The second-order valence-corrected chi connectivity index (χ2v) is 5.19. The van der Waals surface area contributed by atoms with Gasteiger partial charge in [-0.2, -0.15) is 0 Å². The third-order valence-corrected chi connectivity index (χ3v) is 3.70. The zero-order valence-electron chi connectivity index (χ0n) is 10.1. The van der Waals surface area contributed by atoms with Crippen LogP contribution in [0.1, 0.15) is 13.8 Å². The van der Waals surface area contributed by atoms with Gasteiger partial charge in [0.1, 0.15) is 0 Å². The number of carbonyl (C=O) groups is 1. The molecule has 0 unspecified atom stereocenters. The molecule has 2 aliphatic rings. The molecule has 0 spiro atoms. The normalized spacial score (nSPS) is 24.8. The monoisotopic (exact) mass is 227 g/mol. The third-order valence-electron chi connectivity index (χ3n) is 3.70. The minimum atomic E-state index is -0.507. The Kier molecular flexibility index (Phi) is 3.08. The summed E-state index contributed by atoms with van der Waals surface area (Å²) in [6.07, 6.45) is 0. The summed E-state index contributed by atoms with van der Waals surface area (Å²) in [6.45, 7) is 8.76. The van der Waals surface area contributed by atoms with Gasteiger partial charge < -0.3 is 15.3 Å². The van der Waals surface area contributed by atoms with E-state index in [2.05, 4.69) is 10.2 Å². The van der Waals surface area contributed by atoms with Crippen molar-refractivity contribution in [3.8, 4) is 0 Å². The second-order valence-electron chi connectivity index (χ2n) is 5.19. The molecule has 2 heterocycles. The van der Waals surface area contributed by atoms with Crippen LogP contribution in [0.3, 0.4) is 0 Å². The maximum Gasteiger partial charge on any atom is 0.317 e. The lowest BCUT2D eigenvalue weighted by atomic mass is 9.83. The number of aliphatic hydroxyl groups is 1. The maximum atomic E-state index is 11.3. The number of β-amino-alcohol motifs (C(OH)–C–C–N with tert-alkyl or cyclic N) is 1. The van der Waals surface area contributed by atoms with E-state index < -0.39 is 5.60 Å². The van der Waals surface area contributed by atoms with Gasteiger partial charge >= 0.3 is 6.03 Å². The molecule has 0 radical (unpaired) electrons. The van der Waals surface area contributed by atoms with Crippen LogP contribution in [-0.2, 0) is 0 Å². The highest BCUT2D eigenvalue weighted by atomic mass is 16.3. The van der Waals surface area contributed by atoms with Crippen LogP contribution in [0.15, 0.2) is 0 Å². The van der Waals surface area contributed by atoms with Crippen LogP contribution in [0.25, 0.3) is 0 Å². The number of urea groups is 1. The highest BCUT2D eigenvalue weighted by molar-refractivity contribution is 5.76. The lowest BCUT2D eigenvalue weighted by molar-refractivity contribution is -0.127. The molecule has 2 N–H and O–H groups in total. The number of carbonyl (C=O) groups excluding carboxylic acids is 1. The minimum Gasteiger partial charge on any atom is -0.387 e. The first kappa shape index (κ1) is 11.7. The Morgan fingerprint density at radius 3 is 2.62 bits per heavy atom. The van der Waals surface area contributed by atoms with Crippen LogP contribution in [-0.4, -0.2) is 65.8 Å². The average Bonchev–Trinajstić information content (AvgIpc) is 2.56. The molecule has 2 rings (SSSR count). The van der Waals surface area contributed by atoms with Crippen LogP contribution in [0.5, 0.6) is 0 Å². The topological polar surface area (TPSA) is 55.8 Å². The van der Waals surface area contributed by atoms with Gasteiger partial charge in [-0.1, -0.05) is 13.8 Å². The van der Waals surface area contributed by atoms with Crippen molar-refractivity contribution in [2.24, 2.45) is 5.92 Å². The SMILES string of the molecule is CC(C)C1(O)CN(CCN2CCNC2=O)C1. The molecule has 0 aromatic carbocycles. The first-order valence-electron chi connectivity index (χ1n) is 5.99. The van der Waals surface area contributed by atoms with Crippen molar-refractivity contribution in [2.45, 2.75) is 19.4 Å². The van der Waals surface area contributed by atoms with Crippen LogP contribution in [0, 0.1) is 5.92 Å². The third kappa shape index (κ3) is 2.15. The summed E-state index contributed by atoms with van der Waals surface area (Å²) in [5.41, 5.74) is -0.507. The Morgan fingerprint density at radius 1 is 1.44 bits per heavy atom. The van der Waals surface area contributed by atoms with Gasteiger partial charge in [0.15, 0.2) is 0 Å². The highest BCUT2D eigenvalue weighted by Crippen LogP contribution is 2.28. The molecule has 2 fully saturated rings. The number of hydrogen-bond donors (Lipinski definition) is 2. The molecule has 16 heavy (non-hydrogen) atoms. The van der Waals surface area contributed by atoms with E-state index in [0.29, 0.717) is 5.92 Å². The van der Waals surface area contributed by atoms with Gasteiger partial charge in [-0.15, -0.1) is 0 Å². The fraction of sp³-hybridized carbons (Fsp3) is 0.909. The van der Waals surface area contributed by atoms with Crippen LogP contribution in [0.2, 0.25) is 0 Å². The first-order valence-corrected chi connectivity index (χ1v) is 5.99. The molecule has 0 aromatic rings. The molecule has 92 valence electrons. The first-order chi connectivity index (χ1) is 7.51. The molecule has 2 amide bonds. The van der Waals surface area contributed by atoms with E-state index in [1.54, 1.807) is 0 Å². The average molecular weight is 227 g/mol. The standard InChI is InChI=1S/C11H21N3O2/c1-9(2)11(16)7-13(8-11)5-6-14-4-3-12-10(14)15/h9,16H,3-8H2,1-2H3,(H,12,15). The molecule has 0 bridgehead atoms. The summed E-state index contributed by atoms with van der Waals surface area (Å²) in [5.74, 6) is 0.304. The molecule has 0 aliphatic carbocycles. The van der Waals surface area contributed by atoms with Crippen molar-refractivity contribution in [3.05, 3.63) is 0 Å². The van der Waals surface area contributed by atoms with Crippen molar-refractivity contribution >= 4 is 6.03 Å². The molecule has 2 saturated heterocycles. The second kappa shape index (κ2) is 4.22. The Bertz CT molecular complexity index is 274. The quantitative estimate of drug-likeness (QED) is 0.694. The minimum absolute atomic E-state index is 0.0413. The highest BCUT2D eigenvalue weighted by Gasteiger charge is 2.43. The summed E-state index contributed by atoms with van der Waals surface area (Å²) < 4.78 is 0. The van der Waals surface area contributed by atoms with Crippen LogP contribution in [0.4, 0.5) is 4.79 Å². The van der Waals surface area contributed by atoms with Crippen molar-refractivity contribution in [1.82, 2.24) is 15.1 Å². The summed E-state index contributed by atoms with van der Waals surface area (Å²) in [6, 6.07) is 0.0413. The molecule has 0 saturated carbocycles. The fourth-order valence-corrected chi connectivity index (χ4v) is 2.24. The lowest BCUT2D eigenvalue weighted by Crippen LogP contribution is -2.65. The molecular weight excluding hydrogens is 206 g/mol.